The quantitative estimate of drug-likeness (QED) is 0.123. The van der Waals surface area contributed by atoms with Gasteiger partial charge in [-0.2, -0.15) is 0 Å². The summed E-state index contributed by atoms with van der Waals surface area (Å²) < 4.78 is 0. The highest BCUT2D eigenvalue weighted by Crippen LogP contribution is 2.25. The minimum atomic E-state index is -1.16. The third-order valence-corrected chi connectivity index (χ3v) is 7.90. The maximum Gasteiger partial charge on any atom is 0.335 e. The SMILES string of the molecule is CC(CC(=O)C(CC(=O)C(CC(=O)C(N)CCC(=O)O)Cc1ccc(C(=O)O)cc1)Cc1ccc(C(=O)O)cc1)C(=O)CCC(=O)O. The lowest BCUT2D eigenvalue weighted by molar-refractivity contribution is -0.139. The first-order valence-electron chi connectivity index (χ1n) is 15.0. The third-order valence-electron chi connectivity index (χ3n) is 7.90. The van der Waals surface area contributed by atoms with Crippen LogP contribution in [0.15, 0.2) is 48.5 Å². The molecule has 0 saturated heterocycles. The zero-order chi connectivity index (χ0) is 35.3. The van der Waals surface area contributed by atoms with E-state index in [1.807, 2.05) is 0 Å². The van der Waals surface area contributed by atoms with E-state index in [2.05, 4.69) is 0 Å². The second kappa shape index (κ2) is 18.2. The average Bonchev–Trinajstić information content (AvgIpc) is 3.01. The molecule has 0 spiro atoms. The number of carbonyl (C=O) groups excluding carboxylic acids is 4. The van der Waals surface area contributed by atoms with Crippen molar-refractivity contribution < 1.29 is 58.8 Å². The molecule has 0 aliphatic rings. The van der Waals surface area contributed by atoms with Crippen LogP contribution in [0, 0.1) is 17.8 Å². The number of carboxylic acids is 4. The van der Waals surface area contributed by atoms with Crippen molar-refractivity contribution in [1.29, 1.82) is 0 Å². The average molecular weight is 654 g/mol. The zero-order valence-electron chi connectivity index (χ0n) is 25.9. The van der Waals surface area contributed by atoms with Crippen molar-refractivity contribution in [3.05, 3.63) is 70.8 Å². The van der Waals surface area contributed by atoms with Crippen LogP contribution in [0.4, 0.5) is 0 Å². The number of nitrogens with two attached hydrogens (primary N) is 1. The molecule has 0 bridgehead atoms. The highest BCUT2D eigenvalue weighted by Gasteiger charge is 2.31. The number of aliphatic carboxylic acids is 2. The Bertz CT molecular complexity index is 1480. The molecule has 47 heavy (non-hydrogen) atoms. The number of benzene rings is 2. The van der Waals surface area contributed by atoms with Crippen molar-refractivity contribution in [2.75, 3.05) is 0 Å². The van der Waals surface area contributed by atoms with E-state index in [1.165, 1.54) is 55.5 Å². The van der Waals surface area contributed by atoms with Crippen LogP contribution in [0.3, 0.4) is 0 Å². The summed E-state index contributed by atoms with van der Waals surface area (Å²) in [5, 5.41) is 36.3. The number of carbonyl (C=O) groups is 8. The summed E-state index contributed by atoms with van der Waals surface area (Å²) in [5.74, 6) is -9.37. The molecular formula is C34H39NO12. The van der Waals surface area contributed by atoms with E-state index in [-0.39, 0.29) is 62.5 Å². The zero-order valence-corrected chi connectivity index (χ0v) is 25.9. The lowest BCUT2D eigenvalue weighted by Crippen LogP contribution is -2.35. The maximum atomic E-state index is 13.8. The van der Waals surface area contributed by atoms with Gasteiger partial charge in [0.1, 0.15) is 23.1 Å². The van der Waals surface area contributed by atoms with E-state index in [0.29, 0.717) is 11.1 Å². The van der Waals surface area contributed by atoms with Gasteiger partial charge in [-0.1, -0.05) is 31.2 Å². The summed E-state index contributed by atoms with van der Waals surface area (Å²) in [6.45, 7) is 1.49. The van der Waals surface area contributed by atoms with E-state index < -0.39 is 77.2 Å². The minimum Gasteiger partial charge on any atom is -0.481 e. The molecule has 0 saturated carbocycles. The van der Waals surface area contributed by atoms with Gasteiger partial charge in [0.05, 0.1) is 23.6 Å². The lowest BCUT2D eigenvalue weighted by atomic mass is 9.80. The van der Waals surface area contributed by atoms with Crippen molar-refractivity contribution in [3.63, 3.8) is 0 Å². The molecule has 0 heterocycles. The van der Waals surface area contributed by atoms with Crippen LogP contribution in [0.25, 0.3) is 0 Å². The Morgan fingerprint density at radius 3 is 1.36 bits per heavy atom. The van der Waals surface area contributed by atoms with Crippen molar-refractivity contribution in [1.82, 2.24) is 0 Å². The fraction of sp³-hybridized carbons (Fsp3) is 0.412. The number of hydrogen-bond acceptors (Lipinski definition) is 9. The Balaban J connectivity index is 2.37. The van der Waals surface area contributed by atoms with Crippen molar-refractivity contribution in [2.24, 2.45) is 23.5 Å². The van der Waals surface area contributed by atoms with Gasteiger partial charge in [-0.05, 0) is 54.7 Å². The number of carboxylic acid groups (broad SMARTS) is 4. The fourth-order valence-electron chi connectivity index (χ4n) is 5.04. The van der Waals surface area contributed by atoms with Gasteiger partial charge in [0.2, 0.25) is 0 Å². The molecule has 4 unspecified atom stereocenters. The second-order valence-corrected chi connectivity index (χ2v) is 11.6. The van der Waals surface area contributed by atoms with Gasteiger partial charge in [0.15, 0.2) is 0 Å². The van der Waals surface area contributed by atoms with Crippen molar-refractivity contribution in [3.8, 4) is 0 Å². The fourth-order valence-corrected chi connectivity index (χ4v) is 5.04. The van der Waals surface area contributed by atoms with Crippen LogP contribution >= 0.6 is 0 Å². The molecular weight excluding hydrogens is 614 g/mol. The summed E-state index contributed by atoms with van der Waals surface area (Å²) in [4.78, 5) is 97.3. The normalized spacial score (nSPS) is 13.5. The van der Waals surface area contributed by atoms with Gasteiger partial charge in [0, 0.05) is 49.9 Å². The predicted octanol–water partition coefficient (Wildman–Crippen LogP) is 3.24. The molecule has 0 amide bonds. The molecule has 2 aromatic carbocycles. The van der Waals surface area contributed by atoms with Gasteiger partial charge >= 0.3 is 23.9 Å². The summed E-state index contributed by atoms with van der Waals surface area (Å²) >= 11 is 0. The molecule has 0 aliphatic carbocycles. The second-order valence-electron chi connectivity index (χ2n) is 11.6. The smallest absolute Gasteiger partial charge is 0.335 e. The number of hydrogen-bond donors (Lipinski definition) is 5. The largest absolute Gasteiger partial charge is 0.481 e. The van der Waals surface area contributed by atoms with Gasteiger partial charge in [-0.3, -0.25) is 28.8 Å². The van der Waals surface area contributed by atoms with Crippen LogP contribution < -0.4 is 5.73 Å². The van der Waals surface area contributed by atoms with E-state index in [9.17, 15) is 48.6 Å². The van der Waals surface area contributed by atoms with Crippen molar-refractivity contribution >= 4 is 47.0 Å². The molecule has 13 nitrogen and oxygen atoms in total. The first-order chi connectivity index (χ1) is 22.1. The monoisotopic (exact) mass is 653 g/mol. The van der Waals surface area contributed by atoms with Crippen LogP contribution in [-0.4, -0.2) is 73.5 Å². The number of rotatable bonds is 22. The Labute approximate surface area is 270 Å². The number of ketones is 4. The minimum absolute atomic E-state index is 0.00554. The van der Waals surface area contributed by atoms with E-state index in [4.69, 9.17) is 15.9 Å². The number of aromatic carboxylic acids is 2. The van der Waals surface area contributed by atoms with E-state index in [0.717, 1.165) is 0 Å². The molecule has 2 rings (SSSR count). The van der Waals surface area contributed by atoms with Crippen LogP contribution in [0.5, 0.6) is 0 Å². The molecule has 13 heteroatoms. The van der Waals surface area contributed by atoms with Crippen molar-refractivity contribution in [2.45, 2.75) is 70.8 Å². The van der Waals surface area contributed by atoms with Crippen LogP contribution in [0.2, 0.25) is 0 Å². The Hall–Kier alpha value is -5.04. The molecule has 4 atom stereocenters. The number of Topliss-reactive ketones (excluding diaryl/α,β-unsaturated/α-hetero) is 4. The Morgan fingerprint density at radius 1 is 0.553 bits per heavy atom. The van der Waals surface area contributed by atoms with Gasteiger partial charge < -0.3 is 26.2 Å². The summed E-state index contributed by atoms with van der Waals surface area (Å²) in [6, 6.07) is 10.2. The predicted molar refractivity (Wildman–Crippen MR) is 166 cm³/mol. The topological polar surface area (TPSA) is 243 Å². The lowest BCUT2D eigenvalue weighted by Gasteiger charge is -2.22. The van der Waals surface area contributed by atoms with Gasteiger partial charge in [-0.25, -0.2) is 9.59 Å². The molecule has 0 aliphatic heterocycles. The van der Waals surface area contributed by atoms with Crippen LogP contribution in [0.1, 0.15) is 83.7 Å². The summed E-state index contributed by atoms with van der Waals surface area (Å²) in [5.41, 5.74) is 7.01. The molecule has 252 valence electrons. The standard InChI is InChI=1S/C34H39NO12/c1-19(27(36)11-13-32(42)43)14-28(37)24(15-20-2-6-22(7-3-20)33(44)45)17-29(38)25(18-30(39)26(35)10-12-31(40)41)16-21-4-8-23(9-5-21)34(46)47/h2-9,19,24-26H,10-18,35H2,1H3,(H,40,41)(H,42,43)(H,44,45)(H,46,47). The molecule has 6 N–H and O–H groups in total. The third kappa shape index (κ3) is 13.1. The maximum absolute atomic E-state index is 13.8. The van der Waals surface area contributed by atoms with Crippen LogP contribution in [-0.2, 0) is 41.6 Å². The Kier molecular flexibility index (Phi) is 14.8. The first kappa shape index (κ1) is 38.1. The molecule has 2 aromatic rings. The highest BCUT2D eigenvalue weighted by molar-refractivity contribution is 5.95. The Morgan fingerprint density at radius 2 is 0.957 bits per heavy atom. The molecule has 0 radical (unpaired) electrons. The summed E-state index contributed by atoms with van der Waals surface area (Å²) in [7, 11) is 0. The highest BCUT2D eigenvalue weighted by atomic mass is 16.4. The van der Waals surface area contributed by atoms with E-state index in [1.54, 1.807) is 0 Å². The van der Waals surface area contributed by atoms with Gasteiger partial charge in [-0.15, -0.1) is 0 Å². The summed E-state index contributed by atoms with van der Waals surface area (Å²) in [6.07, 6.45) is -2.16. The first-order valence-corrected chi connectivity index (χ1v) is 15.0. The van der Waals surface area contributed by atoms with Gasteiger partial charge in [0.25, 0.3) is 0 Å². The van der Waals surface area contributed by atoms with E-state index >= 15 is 0 Å². The molecule has 0 aromatic heterocycles. The molecule has 0 fully saturated rings.